The minimum atomic E-state index is -5.02. The molecule has 0 radical (unpaired) electrons. The number of sulfonamides is 1. The second-order valence-corrected chi connectivity index (χ2v) is 24.0. The van der Waals surface area contributed by atoms with Crippen LogP contribution >= 0.6 is 11.3 Å². The van der Waals surface area contributed by atoms with Crippen molar-refractivity contribution < 1.29 is 50.6 Å². The van der Waals surface area contributed by atoms with Gasteiger partial charge in [0.2, 0.25) is 33.7 Å². The number of amides is 5. The number of aliphatic hydroxyl groups excluding tert-OH is 1. The van der Waals surface area contributed by atoms with Crippen LogP contribution in [-0.4, -0.2) is 110 Å². The van der Waals surface area contributed by atoms with Gasteiger partial charge in [-0.1, -0.05) is 82.0 Å². The first-order valence-electron chi connectivity index (χ1n) is 27.4. The van der Waals surface area contributed by atoms with Crippen molar-refractivity contribution in [3.63, 3.8) is 0 Å². The summed E-state index contributed by atoms with van der Waals surface area (Å²) in [5.74, 6) is -0.978. The highest BCUT2D eigenvalue weighted by molar-refractivity contribution is 7.89. The van der Waals surface area contributed by atoms with E-state index in [0.717, 1.165) is 53.4 Å². The Labute approximate surface area is 493 Å². The van der Waals surface area contributed by atoms with Crippen LogP contribution in [0.5, 0.6) is 5.75 Å². The van der Waals surface area contributed by atoms with Gasteiger partial charge in [-0.15, -0.1) is 29.6 Å². The molecule has 3 aromatic heterocycles. The third kappa shape index (κ3) is 17.5. The van der Waals surface area contributed by atoms with Gasteiger partial charge in [0.15, 0.2) is 0 Å². The molecule has 3 atom stereocenters. The number of thiazole rings is 1. The summed E-state index contributed by atoms with van der Waals surface area (Å²) in [5.41, 5.74) is 5.60. The van der Waals surface area contributed by atoms with Crippen LogP contribution in [0.3, 0.4) is 0 Å². The first kappa shape index (κ1) is 62.5. The predicted octanol–water partition coefficient (Wildman–Crippen LogP) is 9.41. The van der Waals surface area contributed by atoms with Gasteiger partial charge in [-0.25, -0.2) is 28.3 Å². The summed E-state index contributed by atoms with van der Waals surface area (Å²) in [5, 5.41) is 38.3. The number of carbonyl (C=O) groups is 4. The summed E-state index contributed by atoms with van der Waals surface area (Å²) in [6.07, 6.45) is 1.81. The minimum Gasteiger partial charge on any atom is -0.405 e. The molecule has 27 heteroatoms. The standard InChI is InChI=1S/C58H67F3N14O8S2/c1-36-51(84-35-65-36)38-18-16-37(17-19-38)32-64-53(78)47-31-43(76)33-75(47)54(79)52(57(2,3)4)70-50(77)15-10-8-6-7-9-11-28-74-34-46(71-72-74)45-30-41(22-25-48(45)83-58(59,60)61)68-56(80)67-39-20-23-42(24-21-39)73(5)49-26-27-63-55(69-49)66-40-13-12-14-44(29-40)85(62,81)82/h12-14,16-27,29-30,34-35,43,47,52,76H,6-11,15,28,31-33H2,1-5H3,(H,64,78)(H,70,77)(H2,62,81,82)(H,63,66,69)(H2,67,68,80)/t43-,47+,52-/m1/s1. The monoisotopic (exact) mass is 1210 g/mol. The zero-order valence-electron chi connectivity index (χ0n) is 47.4. The molecule has 4 heterocycles. The number of nitrogens with one attached hydrogen (secondary N) is 5. The molecule has 1 aliphatic heterocycles. The van der Waals surface area contributed by atoms with Gasteiger partial charge >= 0.3 is 12.4 Å². The Kier molecular flexibility index (Phi) is 20.2. The Morgan fingerprint density at radius 2 is 1.59 bits per heavy atom. The molecule has 450 valence electrons. The van der Waals surface area contributed by atoms with Gasteiger partial charge in [0.1, 0.15) is 29.3 Å². The van der Waals surface area contributed by atoms with Crippen molar-refractivity contribution in [2.24, 2.45) is 10.6 Å². The Bertz CT molecular complexity index is 3580. The van der Waals surface area contributed by atoms with Crippen molar-refractivity contribution in [1.29, 1.82) is 0 Å². The number of anilines is 6. The molecule has 0 aliphatic carbocycles. The molecular formula is C58H67F3N14O8S2. The molecule has 22 nitrogen and oxygen atoms in total. The highest BCUT2D eigenvalue weighted by Crippen LogP contribution is 2.36. The van der Waals surface area contributed by atoms with Crippen molar-refractivity contribution in [2.45, 2.75) is 122 Å². The number of β-amino-alcohol motifs (C(OH)–C–C–N with tert-alkyl or cyclic N) is 1. The zero-order valence-corrected chi connectivity index (χ0v) is 49.0. The molecule has 0 unspecified atom stereocenters. The lowest BCUT2D eigenvalue weighted by molar-refractivity contribution is -0.274. The maximum absolute atomic E-state index is 14.1. The molecule has 8 N–H and O–H groups in total. The number of ether oxygens (including phenoxy) is 1. The number of rotatable bonds is 24. The number of halogens is 3. The number of aromatic nitrogens is 6. The second kappa shape index (κ2) is 27.5. The summed E-state index contributed by atoms with van der Waals surface area (Å²) >= 11 is 1.56. The molecule has 1 fully saturated rings. The van der Waals surface area contributed by atoms with Crippen molar-refractivity contribution in [3.05, 3.63) is 126 Å². The van der Waals surface area contributed by atoms with E-state index in [1.165, 1.54) is 52.3 Å². The van der Waals surface area contributed by atoms with Gasteiger partial charge in [-0.3, -0.25) is 19.1 Å². The van der Waals surface area contributed by atoms with Gasteiger partial charge in [0.25, 0.3) is 0 Å². The van der Waals surface area contributed by atoms with E-state index in [1.807, 2.05) is 52.0 Å². The van der Waals surface area contributed by atoms with Crippen molar-refractivity contribution in [3.8, 4) is 27.4 Å². The van der Waals surface area contributed by atoms with E-state index in [4.69, 9.17) is 5.14 Å². The lowest BCUT2D eigenvalue weighted by Crippen LogP contribution is -2.57. The summed E-state index contributed by atoms with van der Waals surface area (Å²) < 4.78 is 70.1. The molecule has 0 bridgehead atoms. The normalized spacial score (nSPS) is 14.8. The fourth-order valence-electron chi connectivity index (χ4n) is 9.50. The maximum atomic E-state index is 14.1. The topological polar surface area (TPSA) is 294 Å². The van der Waals surface area contributed by atoms with E-state index in [9.17, 15) is 45.9 Å². The summed E-state index contributed by atoms with van der Waals surface area (Å²) in [6, 6.07) is 23.2. The molecule has 8 rings (SSSR count). The number of carbonyl (C=O) groups excluding carboxylic acids is 4. The number of primary sulfonamides is 1. The van der Waals surface area contributed by atoms with Crippen molar-refractivity contribution >= 4 is 79.6 Å². The first-order chi connectivity index (χ1) is 40.4. The third-order valence-corrected chi connectivity index (χ3v) is 15.8. The first-order valence-corrected chi connectivity index (χ1v) is 29.8. The van der Waals surface area contributed by atoms with Crippen LogP contribution in [0.1, 0.15) is 83.4 Å². The number of benzene rings is 4. The Balaban J connectivity index is 0.766. The number of urea groups is 1. The predicted molar refractivity (Wildman–Crippen MR) is 316 cm³/mol. The molecule has 1 aliphatic rings. The molecule has 0 saturated carbocycles. The van der Waals surface area contributed by atoms with E-state index in [-0.39, 0.29) is 65.5 Å². The van der Waals surface area contributed by atoms with E-state index in [1.54, 1.807) is 65.2 Å². The highest BCUT2D eigenvalue weighted by atomic mass is 32.2. The minimum absolute atomic E-state index is 0.0306. The summed E-state index contributed by atoms with van der Waals surface area (Å²) in [4.78, 5) is 71.2. The summed E-state index contributed by atoms with van der Waals surface area (Å²) in [7, 11) is -2.16. The largest absolute Gasteiger partial charge is 0.573 e. The van der Waals surface area contributed by atoms with E-state index in [0.29, 0.717) is 42.3 Å². The average molecular weight is 1210 g/mol. The van der Waals surface area contributed by atoms with E-state index < -0.39 is 57.7 Å². The van der Waals surface area contributed by atoms with Crippen LogP contribution in [0.15, 0.2) is 120 Å². The fraction of sp³-hybridized carbons (Fsp3) is 0.362. The molecule has 1 saturated heterocycles. The van der Waals surface area contributed by atoms with Crippen LogP contribution in [0, 0.1) is 12.3 Å². The lowest BCUT2D eigenvalue weighted by Gasteiger charge is -2.35. The number of likely N-dealkylation sites (tertiary alicyclic amines) is 1. The van der Waals surface area contributed by atoms with Gasteiger partial charge in [-0.2, -0.15) is 4.98 Å². The second-order valence-electron chi connectivity index (χ2n) is 21.6. The molecule has 85 heavy (non-hydrogen) atoms. The number of nitrogens with two attached hydrogens (primary N) is 1. The quantitative estimate of drug-likeness (QED) is 0.0277. The van der Waals surface area contributed by atoms with Gasteiger partial charge in [0, 0.05) is 74.0 Å². The van der Waals surface area contributed by atoms with Gasteiger partial charge in [0.05, 0.1) is 33.3 Å². The van der Waals surface area contributed by atoms with Crippen LogP contribution < -0.4 is 41.4 Å². The van der Waals surface area contributed by atoms with Crippen LogP contribution in [0.4, 0.5) is 52.5 Å². The number of unbranched alkanes of at least 4 members (excludes halogenated alkanes) is 5. The van der Waals surface area contributed by atoms with Crippen molar-refractivity contribution in [1.82, 2.24) is 45.5 Å². The van der Waals surface area contributed by atoms with Gasteiger partial charge < -0.3 is 46.2 Å². The summed E-state index contributed by atoms with van der Waals surface area (Å²) in [6.45, 7) is 8.08. The van der Waals surface area contributed by atoms with Crippen LogP contribution in [-0.2, 0) is 37.5 Å². The maximum Gasteiger partial charge on any atom is 0.573 e. The molecule has 7 aromatic rings. The van der Waals surface area contributed by atoms with Gasteiger partial charge in [-0.05, 0) is 103 Å². The number of aliphatic hydroxyl groups is 1. The average Bonchev–Trinajstić information content (AvgIpc) is 3.81. The number of aryl methyl sites for hydroxylation is 2. The lowest BCUT2D eigenvalue weighted by atomic mass is 9.85. The molecule has 0 spiro atoms. The Morgan fingerprint density at radius 1 is 0.882 bits per heavy atom. The molecular weight excluding hydrogens is 1140 g/mol. The van der Waals surface area contributed by atoms with Crippen LogP contribution in [0.2, 0.25) is 0 Å². The van der Waals surface area contributed by atoms with E-state index in [2.05, 4.69) is 56.6 Å². The fourth-order valence-corrected chi connectivity index (χ4v) is 10.9. The van der Waals surface area contributed by atoms with Crippen LogP contribution in [0.25, 0.3) is 21.7 Å². The van der Waals surface area contributed by atoms with E-state index >= 15 is 0 Å². The smallest absolute Gasteiger partial charge is 0.405 e. The number of hydrogen-bond acceptors (Lipinski definition) is 16. The number of nitrogens with zero attached hydrogens (tertiary/aromatic N) is 8. The number of alkyl halides is 3. The SMILES string of the molecule is Cc1ncsc1-c1ccc(CNC(=O)[C@@H]2C[C@@H](O)CN2C(=O)[C@@H](NC(=O)CCCCCCCCn2cc(-c3cc(NC(=O)Nc4ccc(N(C)c5ccnc(Nc6cccc(S(N)(=O)=O)c6)n5)cc4)ccc3OC(F)(F)F)nn2)C(C)(C)C)cc1. The Morgan fingerprint density at radius 3 is 2.28 bits per heavy atom. The third-order valence-electron chi connectivity index (χ3n) is 13.9. The zero-order chi connectivity index (χ0) is 61.1. The highest BCUT2D eigenvalue weighted by Gasteiger charge is 2.44. The molecule has 5 amide bonds. The van der Waals surface area contributed by atoms with Crippen molar-refractivity contribution in [2.75, 3.05) is 34.4 Å². The molecule has 4 aromatic carbocycles. The Hall–Kier alpha value is -8.53. The number of hydrogen-bond donors (Lipinski definition) is 7.